The van der Waals surface area contributed by atoms with Crippen LogP contribution in [0.1, 0.15) is 28.9 Å². The largest absolute Gasteiger partial charge is 0.350 e. The van der Waals surface area contributed by atoms with E-state index in [1.807, 2.05) is 6.07 Å². The average Bonchev–Trinajstić information content (AvgIpc) is 2.70. The van der Waals surface area contributed by atoms with Crippen molar-refractivity contribution in [2.45, 2.75) is 13.0 Å². The van der Waals surface area contributed by atoms with E-state index in [9.17, 15) is 4.79 Å². The summed E-state index contributed by atoms with van der Waals surface area (Å²) in [4.78, 5) is 21.3. The van der Waals surface area contributed by atoms with E-state index in [4.69, 9.17) is 0 Å². The van der Waals surface area contributed by atoms with E-state index in [0.29, 0.717) is 12.1 Å². The zero-order valence-corrected chi connectivity index (χ0v) is 14.8. The van der Waals surface area contributed by atoms with Gasteiger partial charge in [0.25, 0.3) is 5.91 Å². The van der Waals surface area contributed by atoms with E-state index >= 15 is 0 Å². The Morgan fingerprint density at radius 1 is 1.12 bits per heavy atom. The normalized spacial score (nSPS) is 17.2. The molecule has 1 amide bonds. The van der Waals surface area contributed by atoms with Crippen molar-refractivity contribution in [1.29, 1.82) is 0 Å². The third kappa shape index (κ3) is 4.65. The Kier molecular flexibility index (Phi) is 6.14. The molecule has 1 saturated heterocycles. The van der Waals surface area contributed by atoms with Crippen molar-refractivity contribution >= 4 is 5.91 Å². The van der Waals surface area contributed by atoms with Gasteiger partial charge in [0.15, 0.2) is 0 Å². The first-order valence-electron chi connectivity index (χ1n) is 8.97. The number of amides is 1. The molecule has 1 aromatic carbocycles. The summed E-state index contributed by atoms with van der Waals surface area (Å²) in [5.74, 6) is -0.0683. The van der Waals surface area contributed by atoms with Gasteiger partial charge >= 0.3 is 0 Å². The van der Waals surface area contributed by atoms with Crippen LogP contribution >= 0.6 is 0 Å². The minimum Gasteiger partial charge on any atom is -0.350 e. The quantitative estimate of drug-likeness (QED) is 0.877. The number of rotatable bonds is 6. The van der Waals surface area contributed by atoms with Crippen molar-refractivity contribution in [3.8, 4) is 0 Å². The first-order valence-corrected chi connectivity index (χ1v) is 8.97. The smallest absolute Gasteiger partial charge is 0.252 e. The van der Waals surface area contributed by atoms with E-state index < -0.39 is 0 Å². The zero-order valence-electron chi connectivity index (χ0n) is 14.8. The zero-order chi connectivity index (χ0) is 17.5. The number of benzene rings is 1. The third-order valence-corrected chi connectivity index (χ3v) is 4.86. The summed E-state index contributed by atoms with van der Waals surface area (Å²) in [5.41, 5.74) is 1.85. The molecule has 5 heteroatoms. The molecule has 132 valence electrons. The second kappa shape index (κ2) is 8.74. The lowest BCUT2D eigenvalue weighted by atomic mass is 10.0. The number of nitrogens with one attached hydrogen (secondary N) is 1. The van der Waals surface area contributed by atoms with Gasteiger partial charge in [-0.1, -0.05) is 37.3 Å². The van der Waals surface area contributed by atoms with Crippen LogP contribution in [-0.4, -0.2) is 60.0 Å². The number of pyridine rings is 1. The molecule has 1 unspecified atom stereocenters. The molecule has 0 saturated carbocycles. The molecule has 0 aliphatic carbocycles. The highest BCUT2D eigenvalue weighted by molar-refractivity contribution is 5.93. The summed E-state index contributed by atoms with van der Waals surface area (Å²) < 4.78 is 0. The minimum absolute atomic E-state index is 0.0683. The number of carbonyl (C=O) groups is 1. The summed E-state index contributed by atoms with van der Waals surface area (Å²) >= 11 is 0. The van der Waals surface area contributed by atoms with Crippen molar-refractivity contribution in [2.75, 3.05) is 39.3 Å². The summed E-state index contributed by atoms with van der Waals surface area (Å²) in [5, 5.41) is 3.09. The molecule has 1 aliphatic heterocycles. The Labute approximate surface area is 149 Å². The molecule has 0 spiro atoms. The predicted molar refractivity (Wildman–Crippen MR) is 99.4 cm³/mol. The lowest BCUT2D eigenvalue weighted by Crippen LogP contribution is -2.49. The van der Waals surface area contributed by atoms with Gasteiger partial charge in [-0.05, 0) is 24.2 Å². The summed E-state index contributed by atoms with van der Waals surface area (Å²) in [7, 11) is 0. The molecule has 0 radical (unpaired) electrons. The maximum atomic E-state index is 12.4. The van der Waals surface area contributed by atoms with Crippen molar-refractivity contribution in [2.24, 2.45) is 0 Å². The van der Waals surface area contributed by atoms with E-state index in [1.165, 1.54) is 5.56 Å². The number of carbonyl (C=O) groups excluding carboxylic acids is 1. The number of aromatic nitrogens is 1. The number of likely N-dealkylation sites (N-methyl/N-ethyl adjacent to an activating group) is 1. The molecular weight excluding hydrogens is 312 g/mol. The fraction of sp³-hybridized carbons (Fsp3) is 0.400. The van der Waals surface area contributed by atoms with Gasteiger partial charge in [0.05, 0.1) is 11.6 Å². The van der Waals surface area contributed by atoms with E-state index in [1.54, 1.807) is 24.5 Å². The highest BCUT2D eigenvalue weighted by Gasteiger charge is 2.25. The molecule has 1 N–H and O–H groups in total. The van der Waals surface area contributed by atoms with Crippen LogP contribution in [0.4, 0.5) is 0 Å². The standard InChI is InChI=1S/C20H26N4O/c1-2-23-11-13-24(14-12-23)19(17-7-4-3-5-8-17)16-22-20(25)18-9-6-10-21-15-18/h3-10,15,19H,2,11-14,16H2,1H3,(H,22,25). The Balaban J connectivity index is 1.68. The molecule has 1 aromatic heterocycles. The lowest BCUT2D eigenvalue weighted by molar-refractivity contribution is 0.0855. The topological polar surface area (TPSA) is 48.5 Å². The number of hydrogen-bond acceptors (Lipinski definition) is 4. The Bertz CT molecular complexity index is 654. The predicted octanol–water partition coefficient (Wildman–Crippen LogP) is 2.19. The molecule has 2 heterocycles. The van der Waals surface area contributed by atoms with Gasteiger partial charge in [-0.15, -0.1) is 0 Å². The molecule has 1 atom stereocenters. The second-order valence-corrected chi connectivity index (χ2v) is 6.35. The number of nitrogens with zero attached hydrogens (tertiary/aromatic N) is 3. The Morgan fingerprint density at radius 2 is 1.88 bits per heavy atom. The van der Waals surface area contributed by atoms with Gasteiger partial charge < -0.3 is 10.2 Å². The van der Waals surface area contributed by atoms with Gasteiger partial charge in [0.2, 0.25) is 0 Å². The van der Waals surface area contributed by atoms with E-state index in [2.05, 4.69) is 51.3 Å². The first-order chi connectivity index (χ1) is 12.3. The van der Waals surface area contributed by atoms with Crippen LogP contribution in [0, 0.1) is 0 Å². The van der Waals surface area contributed by atoms with Gasteiger partial charge in [0, 0.05) is 45.1 Å². The molecular formula is C20H26N4O. The Morgan fingerprint density at radius 3 is 2.52 bits per heavy atom. The Hall–Kier alpha value is -2.24. The van der Waals surface area contributed by atoms with Gasteiger partial charge in [-0.25, -0.2) is 0 Å². The first kappa shape index (κ1) is 17.6. The average molecular weight is 338 g/mol. The number of hydrogen-bond donors (Lipinski definition) is 1. The summed E-state index contributed by atoms with van der Waals surface area (Å²) in [6, 6.07) is 14.2. The van der Waals surface area contributed by atoms with Gasteiger partial charge in [-0.2, -0.15) is 0 Å². The fourth-order valence-electron chi connectivity index (χ4n) is 3.31. The minimum atomic E-state index is -0.0683. The van der Waals surface area contributed by atoms with Crippen LogP contribution in [0.15, 0.2) is 54.9 Å². The van der Waals surface area contributed by atoms with Crippen molar-refractivity contribution < 1.29 is 4.79 Å². The van der Waals surface area contributed by atoms with Crippen LogP contribution in [0.5, 0.6) is 0 Å². The molecule has 1 aliphatic rings. The second-order valence-electron chi connectivity index (χ2n) is 6.35. The van der Waals surface area contributed by atoms with Crippen molar-refractivity contribution in [3.05, 3.63) is 66.0 Å². The molecule has 1 fully saturated rings. The number of piperazine rings is 1. The SMILES string of the molecule is CCN1CCN(C(CNC(=O)c2cccnc2)c2ccccc2)CC1. The molecule has 3 rings (SSSR count). The monoisotopic (exact) mass is 338 g/mol. The highest BCUT2D eigenvalue weighted by Crippen LogP contribution is 2.21. The molecule has 25 heavy (non-hydrogen) atoms. The molecule has 5 nitrogen and oxygen atoms in total. The third-order valence-electron chi connectivity index (χ3n) is 4.86. The van der Waals surface area contributed by atoms with Crippen LogP contribution in [0.2, 0.25) is 0 Å². The summed E-state index contributed by atoms with van der Waals surface area (Å²) in [6.07, 6.45) is 3.28. The van der Waals surface area contributed by atoms with E-state index in [0.717, 1.165) is 32.7 Å². The highest BCUT2D eigenvalue weighted by atomic mass is 16.1. The van der Waals surface area contributed by atoms with Crippen molar-refractivity contribution in [3.63, 3.8) is 0 Å². The molecule has 2 aromatic rings. The van der Waals surface area contributed by atoms with Crippen LogP contribution in [0.3, 0.4) is 0 Å². The van der Waals surface area contributed by atoms with Gasteiger partial charge in [-0.3, -0.25) is 14.7 Å². The van der Waals surface area contributed by atoms with Crippen LogP contribution in [-0.2, 0) is 0 Å². The summed E-state index contributed by atoms with van der Waals surface area (Å²) in [6.45, 7) is 8.11. The van der Waals surface area contributed by atoms with E-state index in [-0.39, 0.29) is 11.9 Å². The maximum absolute atomic E-state index is 12.4. The van der Waals surface area contributed by atoms with Crippen LogP contribution < -0.4 is 5.32 Å². The van der Waals surface area contributed by atoms with Crippen LogP contribution in [0.25, 0.3) is 0 Å². The fourth-order valence-corrected chi connectivity index (χ4v) is 3.31. The maximum Gasteiger partial charge on any atom is 0.252 e. The van der Waals surface area contributed by atoms with Crippen molar-refractivity contribution in [1.82, 2.24) is 20.1 Å². The molecule has 0 bridgehead atoms. The lowest BCUT2D eigenvalue weighted by Gasteiger charge is -2.39. The van der Waals surface area contributed by atoms with Gasteiger partial charge in [0.1, 0.15) is 0 Å².